The zero-order chi connectivity index (χ0) is 13.8. The Kier molecular flexibility index (Phi) is 4.71. The van der Waals surface area contributed by atoms with E-state index in [2.05, 4.69) is 39.9 Å². The molecule has 5 heteroatoms. The van der Waals surface area contributed by atoms with E-state index in [0.29, 0.717) is 6.42 Å². The van der Waals surface area contributed by atoms with Crippen molar-refractivity contribution in [1.29, 1.82) is 0 Å². The Morgan fingerprint density at radius 1 is 1.32 bits per heavy atom. The summed E-state index contributed by atoms with van der Waals surface area (Å²) in [6.07, 6.45) is 2.25. The van der Waals surface area contributed by atoms with Gasteiger partial charge in [-0.2, -0.15) is 5.10 Å². The fraction of sp³-hybridized carbons (Fsp3) is 0.429. The maximum atomic E-state index is 9.65. The summed E-state index contributed by atoms with van der Waals surface area (Å²) in [5.74, 6) is 0.932. The number of rotatable bonds is 5. The minimum absolute atomic E-state index is 0.0253. The van der Waals surface area contributed by atoms with Crippen molar-refractivity contribution >= 4 is 15.9 Å². The van der Waals surface area contributed by atoms with E-state index in [1.54, 1.807) is 6.33 Å². The number of hydrogen-bond donors (Lipinski definition) is 1. The third kappa shape index (κ3) is 3.22. The SMILES string of the molecule is CC(C)n1ncnc1CC(CO)c1ccccc1Br. The van der Waals surface area contributed by atoms with E-state index in [-0.39, 0.29) is 18.6 Å². The third-order valence-corrected chi connectivity index (χ3v) is 3.85. The zero-order valence-corrected chi connectivity index (χ0v) is 12.7. The number of hydrogen-bond acceptors (Lipinski definition) is 3. The highest BCUT2D eigenvalue weighted by atomic mass is 79.9. The molecule has 102 valence electrons. The fourth-order valence-electron chi connectivity index (χ4n) is 2.15. The van der Waals surface area contributed by atoms with E-state index in [1.165, 1.54) is 0 Å². The van der Waals surface area contributed by atoms with Crippen molar-refractivity contribution < 1.29 is 5.11 Å². The lowest BCUT2D eigenvalue weighted by Crippen LogP contribution is -2.15. The molecule has 0 radical (unpaired) electrons. The minimum atomic E-state index is 0.0253. The number of benzene rings is 1. The number of halogens is 1. The van der Waals surface area contributed by atoms with Crippen LogP contribution in [0.2, 0.25) is 0 Å². The molecule has 0 spiro atoms. The van der Waals surface area contributed by atoms with Gasteiger partial charge in [0, 0.05) is 22.9 Å². The van der Waals surface area contributed by atoms with Crippen LogP contribution >= 0.6 is 15.9 Å². The van der Waals surface area contributed by atoms with E-state index < -0.39 is 0 Å². The molecule has 0 aliphatic rings. The van der Waals surface area contributed by atoms with Gasteiger partial charge < -0.3 is 5.11 Å². The van der Waals surface area contributed by atoms with Crippen LogP contribution in [0.15, 0.2) is 35.1 Å². The summed E-state index contributed by atoms with van der Waals surface area (Å²) in [5, 5.41) is 13.9. The smallest absolute Gasteiger partial charge is 0.138 e. The van der Waals surface area contributed by atoms with E-state index in [0.717, 1.165) is 15.9 Å². The molecule has 1 heterocycles. The van der Waals surface area contributed by atoms with E-state index >= 15 is 0 Å². The maximum absolute atomic E-state index is 9.65. The molecule has 1 N–H and O–H groups in total. The lowest BCUT2D eigenvalue weighted by molar-refractivity contribution is 0.261. The van der Waals surface area contributed by atoms with Gasteiger partial charge in [-0.05, 0) is 25.5 Å². The van der Waals surface area contributed by atoms with Crippen LogP contribution in [0.5, 0.6) is 0 Å². The quantitative estimate of drug-likeness (QED) is 0.920. The standard InChI is InChI=1S/C14H18BrN3O/c1-10(2)18-14(16-9-17-18)7-11(8-19)12-5-3-4-6-13(12)15/h3-6,9-11,19H,7-8H2,1-2H3. The average Bonchev–Trinajstić information content (AvgIpc) is 2.85. The molecule has 2 aromatic rings. The van der Waals surface area contributed by atoms with Gasteiger partial charge in [0.25, 0.3) is 0 Å². The van der Waals surface area contributed by atoms with Crippen LogP contribution in [0.25, 0.3) is 0 Å². The second-order valence-electron chi connectivity index (χ2n) is 4.82. The highest BCUT2D eigenvalue weighted by Gasteiger charge is 2.18. The fourth-order valence-corrected chi connectivity index (χ4v) is 2.76. The van der Waals surface area contributed by atoms with Crippen molar-refractivity contribution in [3.8, 4) is 0 Å². The largest absolute Gasteiger partial charge is 0.396 e. The summed E-state index contributed by atoms with van der Waals surface area (Å²) in [6.45, 7) is 4.24. The Bertz CT molecular complexity index is 539. The molecular formula is C14H18BrN3O. The highest BCUT2D eigenvalue weighted by Crippen LogP contribution is 2.27. The first-order valence-corrected chi connectivity index (χ1v) is 7.16. The van der Waals surface area contributed by atoms with Gasteiger partial charge in [-0.3, -0.25) is 0 Å². The van der Waals surface area contributed by atoms with Crippen LogP contribution in [0.3, 0.4) is 0 Å². The van der Waals surface area contributed by atoms with Crippen LogP contribution in [0.1, 0.15) is 37.2 Å². The predicted octanol–water partition coefficient (Wildman–Crippen LogP) is 2.94. The number of aromatic nitrogens is 3. The molecule has 19 heavy (non-hydrogen) atoms. The van der Waals surface area contributed by atoms with Crippen LogP contribution in [0, 0.1) is 0 Å². The Labute approximate surface area is 121 Å². The van der Waals surface area contributed by atoms with E-state index in [1.807, 2.05) is 28.9 Å². The van der Waals surface area contributed by atoms with Crippen LogP contribution in [-0.4, -0.2) is 26.5 Å². The van der Waals surface area contributed by atoms with Gasteiger partial charge in [0.1, 0.15) is 12.2 Å². The summed E-state index contributed by atoms with van der Waals surface area (Å²) >= 11 is 3.54. The van der Waals surface area contributed by atoms with Gasteiger partial charge in [0.05, 0.1) is 6.61 Å². The summed E-state index contributed by atoms with van der Waals surface area (Å²) in [4.78, 5) is 4.31. The summed E-state index contributed by atoms with van der Waals surface area (Å²) in [6, 6.07) is 8.25. The van der Waals surface area contributed by atoms with Crippen molar-refractivity contribution in [2.24, 2.45) is 0 Å². The Hall–Kier alpha value is -1.20. The molecule has 2 rings (SSSR count). The number of aliphatic hydroxyl groups excluding tert-OH is 1. The zero-order valence-electron chi connectivity index (χ0n) is 11.1. The van der Waals surface area contributed by atoms with Crippen LogP contribution in [0.4, 0.5) is 0 Å². The Morgan fingerprint density at radius 3 is 2.68 bits per heavy atom. The lowest BCUT2D eigenvalue weighted by atomic mass is 9.96. The van der Waals surface area contributed by atoms with Gasteiger partial charge in [-0.25, -0.2) is 9.67 Å². The Morgan fingerprint density at radius 2 is 2.05 bits per heavy atom. The first kappa shape index (κ1) is 14.2. The molecule has 0 aliphatic carbocycles. The topological polar surface area (TPSA) is 50.9 Å². The third-order valence-electron chi connectivity index (χ3n) is 3.13. The predicted molar refractivity (Wildman–Crippen MR) is 78.1 cm³/mol. The van der Waals surface area contributed by atoms with Crippen LogP contribution < -0.4 is 0 Å². The van der Waals surface area contributed by atoms with Crippen LogP contribution in [-0.2, 0) is 6.42 Å². The molecular weight excluding hydrogens is 306 g/mol. The Balaban J connectivity index is 2.25. The second kappa shape index (κ2) is 6.30. The van der Waals surface area contributed by atoms with Crippen molar-refractivity contribution in [3.63, 3.8) is 0 Å². The van der Waals surface area contributed by atoms with Gasteiger partial charge in [-0.15, -0.1) is 0 Å². The number of aliphatic hydroxyl groups is 1. The summed E-state index contributed by atoms with van der Waals surface area (Å²) < 4.78 is 2.92. The van der Waals surface area contributed by atoms with E-state index in [9.17, 15) is 5.11 Å². The minimum Gasteiger partial charge on any atom is -0.396 e. The molecule has 0 saturated carbocycles. The molecule has 1 unspecified atom stereocenters. The molecule has 0 saturated heterocycles. The van der Waals surface area contributed by atoms with Gasteiger partial charge in [0.2, 0.25) is 0 Å². The lowest BCUT2D eigenvalue weighted by Gasteiger charge is -2.17. The van der Waals surface area contributed by atoms with Crippen molar-refractivity contribution in [2.45, 2.75) is 32.2 Å². The van der Waals surface area contributed by atoms with Crippen molar-refractivity contribution in [1.82, 2.24) is 14.8 Å². The normalized spacial score (nSPS) is 12.9. The number of nitrogens with zero attached hydrogens (tertiary/aromatic N) is 3. The molecule has 1 aromatic heterocycles. The first-order chi connectivity index (χ1) is 9.13. The monoisotopic (exact) mass is 323 g/mol. The van der Waals surface area contributed by atoms with Gasteiger partial charge >= 0.3 is 0 Å². The summed E-state index contributed by atoms with van der Waals surface area (Å²) in [5.41, 5.74) is 1.10. The molecule has 0 aliphatic heterocycles. The summed E-state index contributed by atoms with van der Waals surface area (Å²) in [7, 11) is 0. The average molecular weight is 324 g/mol. The molecule has 0 amide bonds. The highest BCUT2D eigenvalue weighted by molar-refractivity contribution is 9.10. The molecule has 0 fully saturated rings. The molecule has 4 nitrogen and oxygen atoms in total. The van der Waals surface area contributed by atoms with Crippen molar-refractivity contribution in [2.75, 3.05) is 6.61 Å². The first-order valence-electron chi connectivity index (χ1n) is 6.37. The molecule has 0 bridgehead atoms. The van der Waals surface area contributed by atoms with E-state index in [4.69, 9.17) is 0 Å². The molecule has 1 aromatic carbocycles. The van der Waals surface area contributed by atoms with Gasteiger partial charge in [0.15, 0.2) is 0 Å². The molecule has 1 atom stereocenters. The maximum Gasteiger partial charge on any atom is 0.138 e. The van der Waals surface area contributed by atoms with Gasteiger partial charge in [-0.1, -0.05) is 34.1 Å². The second-order valence-corrected chi connectivity index (χ2v) is 5.67. The van der Waals surface area contributed by atoms with Crippen molar-refractivity contribution in [3.05, 3.63) is 46.5 Å².